The number of halogens is 1. The molecule has 3 nitrogen and oxygen atoms in total. The lowest BCUT2D eigenvalue weighted by atomic mass is 10.0. The van der Waals surface area contributed by atoms with Crippen LogP contribution in [0, 0.1) is 0 Å². The zero-order valence-corrected chi connectivity index (χ0v) is 13.5. The van der Waals surface area contributed by atoms with E-state index in [0.717, 1.165) is 30.7 Å². The third kappa shape index (κ3) is 3.71. The van der Waals surface area contributed by atoms with Crippen molar-refractivity contribution in [2.75, 3.05) is 31.1 Å². The van der Waals surface area contributed by atoms with Gasteiger partial charge in [-0.1, -0.05) is 28.9 Å². The molecule has 1 saturated heterocycles. The Hall–Kier alpha value is -0.580. The van der Waals surface area contributed by atoms with Crippen LogP contribution >= 0.6 is 15.9 Å². The van der Waals surface area contributed by atoms with Gasteiger partial charge in [0.25, 0.3) is 0 Å². The van der Waals surface area contributed by atoms with Crippen molar-refractivity contribution in [3.63, 3.8) is 0 Å². The second-order valence-electron chi connectivity index (χ2n) is 5.11. The minimum absolute atomic E-state index is 0.301. The largest absolute Gasteiger partial charge is 0.375 e. The topological polar surface area (TPSA) is 24.5 Å². The van der Waals surface area contributed by atoms with Crippen LogP contribution in [0.1, 0.15) is 32.4 Å². The Morgan fingerprint density at radius 2 is 2.32 bits per heavy atom. The average Bonchev–Trinajstić information content (AvgIpc) is 2.39. The molecule has 0 spiro atoms. The van der Waals surface area contributed by atoms with Gasteiger partial charge in [-0.3, -0.25) is 0 Å². The molecule has 0 amide bonds. The fourth-order valence-corrected chi connectivity index (χ4v) is 2.96. The van der Waals surface area contributed by atoms with Crippen molar-refractivity contribution in [2.24, 2.45) is 0 Å². The van der Waals surface area contributed by atoms with Gasteiger partial charge in [0.2, 0.25) is 0 Å². The number of rotatable bonds is 4. The molecule has 0 bridgehead atoms. The van der Waals surface area contributed by atoms with Crippen LogP contribution in [0.2, 0.25) is 0 Å². The van der Waals surface area contributed by atoms with Crippen molar-refractivity contribution in [1.29, 1.82) is 0 Å². The lowest BCUT2D eigenvalue weighted by Crippen LogP contribution is -2.41. The highest BCUT2D eigenvalue weighted by Crippen LogP contribution is 2.30. The van der Waals surface area contributed by atoms with Crippen molar-refractivity contribution in [1.82, 2.24) is 5.32 Å². The van der Waals surface area contributed by atoms with Crippen LogP contribution in [0.25, 0.3) is 0 Å². The number of hydrogen-bond acceptors (Lipinski definition) is 3. The van der Waals surface area contributed by atoms with E-state index in [1.807, 2.05) is 0 Å². The summed E-state index contributed by atoms with van der Waals surface area (Å²) in [5, 5.41) is 3.50. The first-order valence-electron chi connectivity index (χ1n) is 7.01. The van der Waals surface area contributed by atoms with Crippen molar-refractivity contribution in [2.45, 2.75) is 32.9 Å². The van der Waals surface area contributed by atoms with Crippen LogP contribution in [0.15, 0.2) is 22.7 Å². The molecule has 19 heavy (non-hydrogen) atoms. The summed E-state index contributed by atoms with van der Waals surface area (Å²) < 4.78 is 6.77. The van der Waals surface area contributed by atoms with Gasteiger partial charge in [0, 0.05) is 29.3 Å². The maximum Gasteiger partial charge on any atom is 0.0722 e. The molecule has 1 fully saturated rings. The fourth-order valence-electron chi connectivity index (χ4n) is 2.61. The first-order valence-corrected chi connectivity index (χ1v) is 7.80. The molecule has 0 aromatic heterocycles. The Balaban J connectivity index is 2.28. The van der Waals surface area contributed by atoms with Crippen LogP contribution in [-0.4, -0.2) is 32.3 Å². The number of morpholine rings is 1. The summed E-state index contributed by atoms with van der Waals surface area (Å²) in [6.07, 6.45) is 0.301. The van der Waals surface area contributed by atoms with E-state index in [4.69, 9.17) is 4.74 Å². The zero-order chi connectivity index (χ0) is 13.8. The minimum atomic E-state index is 0.301. The molecular formula is C15H23BrN2O. The number of hydrogen-bond donors (Lipinski definition) is 1. The molecule has 1 N–H and O–H groups in total. The van der Waals surface area contributed by atoms with Gasteiger partial charge in [0.05, 0.1) is 12.7 Å². The van der Waals surface area contributed by atoms with Crippen LogP contribution in [-0.2, 0) is 4.74 Å². The van der Waals surface area contributed by atoms with Gasteiger partial charge in [-0.2, -0.15) is 0 Å². The molecule has 2 atom stereocenters. The predicted molar refractivity (Wildman–Crippen MR) is 83.9 cm³/mol. The quantitative estimate of drug-likeness (QED) is 0.918. The summed E-state index contributed by atoms with van der Waals surface area (Å²) in [6, 6.07) is 6.93. The highest BCUT2D eigenvalue weighted by Gasteiger charge is 2.21. The smallest absolute Gasteiger partial charge is 0.0722 e. The maximum atomic E-state index is 5.64. The van der Waals surface area contributed by atoms with Gasteiger partial charge in [-0.15, -0.1) is 0 Å². The lowest BCUT2D eigenvalue weighted by molar-refractivity contribution is 0.0531. The van der Waals surface area contributed by atoms with Gasteiger partial charge >= 0.3 is 0 Å². The predicted octanol–water partition coefficient (Wildman–Crippen LogP) is 3.34. The number of anilines is 1. The van der Waals surface area contributed by atoms with Gasteiger partial charge in [0.15, 0.2) is 0 Å². The third-order valence-electron chi connectivity index (χ3n) is 3.55. The summed E-state index contributed by atoms with van der Waals surface area (Å²) in [6.45, 7) is 10.2. The van der Waals surface area contributed by atoms with Gasteiger partial charge in [-0.05, 0) is 38.1 Å². The van der Waals surface area contributed by atoms with E-state index < -0.39 is 0 Å². The lowest BCUT2D eigenvalue weighted by Gasteiger charge is -2.35. The Morgan fingerprint density at radius 3 is 3.00 bits per heavy atom. The maximum absolute atomic E-state index is 5.64. The van der Waals surface area contributed by atoms with E-state index in [1.165, 1.54) is 11.3 Å². The molecule has 1 heterocycles. The second-order valence-corrected chi connectivity index (χ2v) is 6.03. The van der Waals surface area contributed by atoms with E-state index >= 15 is 0 Å². The Bertz CT molecular complexity index is 425. The monoisotopic (exact) mass is 326 g/mol. The van der Waals surface area contributed by atoms with Crippen molar-refractivity contribution in [3.8, 4) is 0 Å². The van der Waals surface area contributed by atoms with Crippen molar-refractivity contribution in [3.05, 3.63) is 28.2 Å². The summed E-state index contributed by atoms with van der Waals surface area (Å²) >= 11 is 3.59. The van der Waals surface area contributed by atoms with Crippen LogP contribution in [0.4, 0.5) is 5.69 Å². The van der Waals surface area contributed by atoms with Crippen LogP contribution in [0.5, 0.6) is 0 Å². The summed E-state index contributed by atoms with van der Waals surface area (Å²) in [5.41, 5.74) is 2.68. The third-order valence-corrected chi connectivity index (χ3v) is 4.04. The number of ether oxygens (including phenoxy) is 1. The highest BCUT2D eigenvalue weighted by atomic mass is 79.9. The Kier molecular flexibility index (Phi) is 5.25. The fraction of sp³-hybridized carbons (Fsp3) is 0.600. The van der Waals surface area contributed by atoms with Gasteiger partial charge < -0.3 is 15.0 Å². The average molecular weight is 327 g/mol. The zero-order valence-electron chi connectivity index (χ0n) is 11.9. The first kappa shape index (κ1) is 14.8. The minimum Gasteiger partial charge on any atom is -0.375 e. The molecule has 1 aromatic carbocycles. The summed E-state index contributed by atoms with van der Waals surface area (Å²) in [5.74, 6) is 0. The number of benzene rings is 1. The molecule has 2 rings (SSSR count). The van der Waals surface area contributed by atoms with E-state index in [-0.39, 0.29) is 0 Å². The molecular weight excluding hydrogens is 304 g/mol. The first-order chi connectivity index (χ1) is 9.11. The molecule has 0 aliphatic carbocycles. The molecule has 0 radical (unpaired) electrons. The van der Waals surface area contributed by atoms with Crippen LogP contribution in [0.3, 0.4) is 0 Å². The summed E-state index contributed by atoms with van der Waals surface area (Å²) in [7, 11) is 0. The SMILES string of the molecule is CCNC(C)c1ccc(Br)cc1N1CCOC(C)C1. The van der Waals surface area contributed by atoms with E-state index in [9.17, 15) is 0 Å². The van der Waals surface area contributed by atoms with Crippen molar-refractivity contribution < 1.29 is 4.74 Å². The number of nitrogens with zero attached hydrogens (tertiary/aromatic N) is 1. The molecule has 1 aromatic rings. The summed E-state index contributed by atoms with van der Waals surface area (Å²) in [4.78, 5) is 2.43. The van der Waals surface area contributed by atoms with Gasteiger partial charge in [0.1, 0.15) is 0 Å². The number of nitrogens with one attached hydrogen (secondary N) is 1. The molecule has 106 valence electrons. The Morgan fingerprint density at radius 1 is 1.53 bits per heavy atom. The molecule has 0 saturated carbocycles. The van der Waals surface area contributed by atoms with Gasteiger partial charge in [-0.25, -0.2) is 0 Å². The second kappa shape index (κ2) is 6.73. The van der Waals surface area contributed by atoms with Crippen molar-refractivity contribution >= 4 is 21.6 Å². The molecule has 2 unspecified atom stereocenters. The standard InChI is InChI=1S/C15H23BrN2O/c1-4-17-12(3)14-6-5-13(16)9-15(14)18-7-8-19-11(2)10-18/h5-6,9,11-12,17H,4,7-8,10H2,1-3H3. The normalized spacial score (nSPS) is 21.5. The van der Waals surface area contributed by atoms with Crippen LogP contribution < -0.4 is 10.2 Å². The highest BCUT2D eigenvalue weighted by molar-refractivity contribution is 9.10. The van der Waals surface area contributed by atoms with E-state index in [2.05, 4.69) is 65.1 Å². The molecule has 1 aliphatic rings. The Labute approximate surface area is 124 Å². The van der Waals surface area contributed by atoms with E-state index in [1.54, 1.807) is 0 Å². The molecule has 4 heteroatoms. The molecule has 1 aliphatic heterocycles. The van der Waals surface area contributed by atoms with E-state index in [0.29, 0.717) is 12.1 Å².